The summed E-state index contributed by atoms with van der Waals surface area (Å²) < 4.78 is 52.9. The monoisotopic (exact) mass is 502 g/mol. The molecule has 1 unspecified atom stereocenters. The van der Waals surface area contributed by atoms with E-state index in [9.17, 15) is 22.8 Å². The fraction of sp³-hybridized carbons (Fsp3) is 0.680. The van der Waals surface area contributed by atoms with Gasteiger partial charge in [-0.1, -0.05) is 20.8 Å². The van der Waals surface area contributed by atoms with Crippen LogP contribution in [0, 0.1) is 21.7 Å². The molecule has 0 N–H and O–H groups in total. The van der Waals surface area contributed by atoms with E-state index in [1.54, 1.807) is 0 Å². The van der Waals surface area contributed by atoms with Crippen LogP contribution in [0.4, 0.5) is 13.2 Å². The van der Waals surface area contributed by atoms with Gasteiger partial charge in [0.25, 0.3) is 0 Å². The molecule has 4 fully saturated rings. The van der Waals surface area contributed by atoms with Crippen LogP contribution in [-0.4, -0.2) is 37.2 Å². The lowest BCUT2D eigenvalue weighted by atomic mass is 9.36. The number of alkyl halides is 4. The van der Waals surface area contributed by atoms with Gasteiger partial charge in [-0.15, -0.1) is 11.6 Å². The van der Waals surface area contributed by atoms with Crippen LogP contribution < -0.4 is 9.47 Å². The number of hydrogen-bond donors (Lipinski definition) is 0. The van der Waals surface area contributed by atoms with E-state index in [2.05, 4.69) is 20.8 Å². The van der Waals surface area contributed by atoms with E-state index in [1.165, 1.54) is 25.3 Å². The average molecular weight is 503 g/mol. The maximum atomic E-state index is 13.1. The summed E-state index contributed by atoms with van der Waals surface area (Å²) in [6, 6.07) is 3.70. The molecule has 5 nitrogen and oxygen atoms in total. The van der Waals surface area contributed by atoms with Gasteiger partial charge < -0.3 is 14.2 Å². The second-order valence-corrected chi connectivity index (χ2v) is 12.1. The van der Waals surface area contributed by atoms with Crippen molar-refractivity contribution in [3.63, 3.8) is 0 Å². The standard InChI is InChI=1S/C25H30ClF3O5/c1-21-8-22(2)10-23(3,9-21)13-24(11-21,12-22)18(26)20(31)34-19(30)16-7-15(32-4)5-6-17(16)33-14-25(27,28)29/h5-7,18H,8-14H2,1-4H3. The number of benzene rings is 1. The molecular weight excluding hydrogens is 473 g/mol. The normalized spacial score (nSPS) is 35.1. The van der Waals surface area contributed by atoms with Crippen LogP contribution in [0.15, 0.2) is 18.2 Å². The minimum Gasteiger partial charge on any atom is -0.497 e. The highest BCUT2D eigenvalue weighted by Gasteiger charge is 2.66. The Bertz CT molecular complexity index is 953. The van der Waals surface area contributed by atoms with Gasteiger partial charge >= 0.3 is 18.1 Å². The topological polar surface area (TPSA) is 61.8 Å². The molecule has 1 aromatic rings. The van der Waals surface area contributed by atoms with Gasteiger partial charge in [0.1, 0.15) is 22.4 Å². The lowest BCUT2D eigenvalue weighted by Gasteiger charge is -2.69. The first kappa shape index (κ1) is 25.1. The third kappa shape index (κ3) is 4.75. The highest BCUT2D eigenvalue weighted by atomic mass is 35.5. The predicted molar refractivity (Wildman–Crippen MR) is 119 cm³/mol. The van der Waals surface area contributed by atoms with Crippen molar-refractivity contribution in [1.82, 2.24) is 0 Å². The summed E-state index contributed by atoms with van der Waals surface area (Å²) in [7, 11) is 1.34. The van der Waals surface area contributed by atoms with E-state index >= 15 is 0 Å². The zero-order chi connectivity index (χ0) is 25.2. The smallest absolute Gasteiger partial charge is 0.422 e. The van der Waals surface area contributed by atoms with Crippen LogP contribution in [0.25, 0.3) is 0 Å². The van der Waals surface area contributed by atoms with Crippen molar-refractivity contribution in [1.29, 1.82) is 0 Å². The number of carbonyl (C=O) groups excluding carboxylic acids is 2. The van der Waals surface area contributed by atoms with Crippen LogP contribution in [0.1, 0.15) is 69.7 Å². The maximum absolute atomic E-state index is 13.1. The van der Waals surface area contributed by atoms with Crippen LogP contribution in [0.2, 0.25) is 0 Å². The van der Waals surface area contributed by atoms with Crippen molar-refractivity contribution >= 4 is 23.5 Å². The summed E-state index contributed by atoms with van der Waals surface area (Å²) in [6.45, 7) is 5.15. The van der Waals surface area contributed by atoms with Crippen LogP contribution in [-0.2, 0) is 9.53 Å². The molecule has 0 heterocycles. The van der Waals surface area contributed by atoms with Crippen LogP contribution >= 0.6 is 11.6 Å². The highest BCUT2D eigenvalue weighted by molar-refractivity contribution is 6.31. The Labute approximate surface area is 202 Å². The highest BCUT2D eigenvalue weighted by Crippen LogP contribution is 2.74. The maximum Gasteiger partial charge on any atom is 0.422 e. The summed E-state index contributed by atoms with van der Waals surface area (Å²) >= 11 is 6.76. The molecule has 5 rings (SSSR count). The summed E-state index contributed by atoms with van der Waals surface area (Å²) in [5.41, 5.74) is -0.615. The van der Waals surface area contributed by atoms with Crippen molar-refractivity contribution in [2.75, 3.05) is 13.7 Å². The first-order chi connectivity index (χ1) is 15.6. The Balaban J connectivity index is 1.55. The first-order valence-electron chi connectivity index (χ1n) is 11.4. The second kappa shape index (κ2) is 8.04. The Kier molecular flexibility index (Phi) is 5.94. The molecule has 0 saturated heterocycles. The van der Waals surface area contributed by atoms with Crippen LogP contribution in [0.5, 0.6) is 11.5 Å². The van der Waals surface area contributed by atoms with Crippen LogP contribution in [0.3, 0.4) is 0 Å². The number of hydrogen-bond acceptors (Lipinski definition) is 5. The summed E-state index contributed by atoms with van der Waals surface area (Å²) in [5.74, 6) is -2.16. The average Bonchev–Trinajstić information content (AvgIpc) is 2.67. The lowest BCUT2D eigenvalue weighted by Crippen LogP contribution is -2.62. The Morgan fingerprint density at radius 3 is 2.00 bits per heavy atom. The lowest BCUT2D eigenvalue weighted by molar-refractivity contribution is -0.189. The fourth-order valence-electron chi connectivity index (χ4n) is 8.19. The molecule has 0 aromatic heterocycles. The largest absolute Gasteiger partial charge is 0.497 e. The molecule has 4 aliphatic rings. The molecule has 1 atom stereocenters. The van der Waals surface area contributed by atoms with Crippen molar-refractivity contribution in [2.24, 2.45) is 21.7 Å². The van der Waals surface area contributed by atoms with E-state index < -0.39 is 35.5 Å². The van der Waals surface area contributed by atoms with Crippen molar-refractivity contribution < 1.29 is 37.0 Å². The molecule has 0 radical (unpaired) electrons. The van der Waals surface area contributed by atoms with Gasteiger partial charge in [-0.2, -0.15) is 13.2 Å². The van der Waals surface area contributed by atoms with Gasteiger partial charge in [-0.05, 0) is 78.4 Å². The van der Waals surface area contributed by atoms with Gasteiger partial charge in [0, 0.05) is 0 Å². The van der Waals surface area contributed by atoms with Crippen molar-refractivity contribution in [2.45, 2.75) is 70.8 Å². The zero-order valence-corrected chi connectivity index (χ0v) is 20.6. The number of esters is 2. The quantitative estimate of drug-likeness (QED) is 0.259. The molecule has 0 spiro atoms. The predicted octanol–water partition coefficient (Wildman–Crippen LogP) is 6.31. The number of methoxy groups -OCH3 is 1. The van der Waals surface area contributed by atoms with E-state index in [-0.39, 0.29) is 33.3 Å². The van der Waals surface area contributed by atoms with Gasteiger partial charge in [0.2, 0.25) is 0 Å². The van der Waals surface area contributed by atoms with Gasteiger partial charge in [-0.3, -0.25) is 0 Å². The van der Waals surface area contributed by atoms with E-state index in [0.717, 1.165) is 38.5 Å². The number of rotatable bonds is 6. The molecule has 4 aliphatic carbocycles. The third-order valence-electron chi connectivity index (χ3n) is 7.63. The zero-order valence-electron chi connectivity index (χ0n) is 19.8. The number of halogens is 4. The minimum atomic E-state index is -4.60. The molecule has 9 heteroatoms. The summed E-state index contributed by atoms with van der Waals surface area (Å²) in [4.78, 5) is 26.0. The van der Waals surface area contributed by atoms with E-state index in [0.29, 0.717) is 0 Å². The molecule has 4 bridgehead atoms. The second-order valence-electron chi connectivity index (χ2n) is 11.7. The van der Waals surface area contributed by atoms with E-state index in [4.69, 9.17) is 25.8 Å². The number of carbonyl (C=O) groups is 2. The molecule has 4 saturated carbocycles. The Hall–Kier alpha value is -1.96. The van der Waals surface area contributed by atoms with Gasteiger partial charge in [-0.25, -0.2) is 9.59 Å². The number of ether oxygens (including phenoxy) is 3. The molecule has 188 valence electrons. The summed E-state index contributed by atoms with van der Waals surface area (Å²) in [6.07, 6.45) is 0.986. The van der Waals surface area contributed by atoms with Crippen molar-refractivity contribution in [3.05, 3.63) is 23.8 Å². The molecule has 1 aromatic carbocycles. The molecule has 34 heavy (non-hydrogen) atoms. The molecular formula is C25H30ClF3O5. The van der Waals surface area contributed by atoms with Gasteiger partial charge in [0.15, 0.2) is 6.61 Å². The first-order valence-corrected chi connectivity index (χ1v) is 11.8. The van der Waals surface area contributed by atoms with E-state index in [1.807, 2.05) is 0 Å². The van der Waals surface area contributed by atoms with Crippen molar-refractivity contribution in [3.8, 4) is 11.5 Å². The Morgan fingerprint density at radius 2 is 1.53 bits per heavy atom. The summed E-state index contributed by atoms with van der Waals surface area (Å²) in [5, 5.41) is -1.04. The molecule has 0 aliphatic heterocycles. The molecule has 0 amide bonds. The van der Waals surface area contributed by atoms with Gasteiger partial charge in [0.05, 0.1) is 7.11 Å². The fourth-order valence-corrected chi connectivity index (χ4v) is 8.46. The minimum absolute atomic E-state index is 0.0705. The third-order valence-corrected chi connectivity index (χ3v) is 8.27. The SMILES string of the molecule is COc1ccc(OCC(F)(F)F)c(C(=O)OC(=O)C(Cl)C23CC4(C)CC(C)(CC(C)(C4)C2)C3)c1. The Morgan fingerprint density at radius 1 is 1.00 bits per heavy atom.